The molecule has 0 aliphatic carbocycles. The van der Waals surface area contributed by atoms with Gasteiger partial charge >= 0.3 is 0 Å². The normalized spacial score (nSPS) is 10.7. The molecule has 0 unspecified atom stereocenters. The monoisotopic (exact) mass is 352 g/mol. The minimum atomic E-state index is -0.481. The molecule has 0 spiro atoms. The number of anilines is 1. The summed E-state index contributed by atoms with van der Waals surface area (Å²) in [6.07, 6.45) is 3.94. The highest BCUT2D eigenvalue weighted by Crippen LogP contribution is 2.22. The molecule has 2 rings (SSSR count). The summed E-state index contributed by atoms with van der Waals surface area (Å²) in [5.41, 5.74) is 2.24. The third kappa shape index (κ3) is 4.97. The van der Waals surface area contributed by atoms with Crippen LogP contribution in [0.2, 0.25) is 5.02 Å². The summed E-state index contributed by atoms with van der Waals surface area (Å²) in [7, 11) is 1.59. The zero-order valence-electron chi connectivity index (χ0n) is 13.8. The highest BCUT2D eigenvalue weighted by Gasteiger charge is 2.10. The predicted molar refractivity (Wildman–Crippen MR) is 101 cm³/mol. The fourth-order valence-corrected chi connectivity index (χ4v) is 2.38. The molecule has 2 aromatic carbocycles. The number of hydrogen-bond acceptors (Lipinski definition) is 3. The average molecular weight is 353 g/mol. The molecular weight excluding hydrogens is 336 g/mol. The second kappa shape index (κ2) is 8.72. The van der Waals surface area contributed by atoms with Crippen molar-refractivity contribution < 1.29 is 9.53 Å². The van der Waals surface area contributed by atoms with Gasteiger partial charge in [0.15, 0.2) is 0 Å². The third-order valence-electron chi connectivity index (χ3n) is 3.45. The predicted octanol–water partition coefficient (Wildman–Crippen LogP) is 4.62. The first kappa shape index (κ1) is 18.3. The van der Waals surface area contributed by atoms with E-state index < -0.39 is 5.91 Å². The van der Waals surface area contributed by atoms with Crippen molar-refractivity contribution in [3.8, 4) is 11.8 Å². The number of nitrogens with zero attached hydrogens (tertiary/aromatic N) is 1. The molecule has 0 aliphatic rings. The smallest absolute Gasteiger partial charge is 0.266 e. The number of ether oxygens (including phenoxy) is 1. The van der Waals surface area contributed by atoms with E-state index >= 15 is 0 Å². The van der Waals surface area contributed by atoms with Crippen LogP contribution >= 0.6 is 11.6 Å². The third-order valence-corrected chi connectivity index (χ3v) is 3.70. The number of methoxy groups -OCH3 is 1. The van der Waals surface area contributed by atoms with Gasteiger partial charge < -0.3 is 10.1 Å². The number of halogens is 1. The zero-order valence-corrected chi connectivity index (χ0v) is 14.5. The van der Waals surface area contributed by atoms with Gasteiger partial charge in [-0.25, -0.2) is 0 Å². The summed E-state index contributed by atoms with van der Waals surface area (Å²) >= 11 is 5.82. The minimum absolute atomic E-state index is 0.00432. The molecule has 0 radical (unpaired) electrons. The Morgan fingerprint density at radius 1 is 1.32 bits per heavy atom. The van der Waals surface area contributed by atoms with Crippen LogP contribution < -0.4 is 10.1 Å². The van der Waals surface area contributed by atoms with Crippen LogP contribution in [-0.4, -0.2) is 13.0 Å². The number of carbonyl (C=O) groups excluding carboxylic acids is 1. The molecule has 5 heteroatoms. The molecule has 0 heterocycles. The molecule has 0 atom stereocenters. The molecule has 1 N–H and O–H groups in total. The Morgan fingerprint density at radius 2 is 2.04 bits per heavy atom. The number of nitrogens with one attached hydrogen (secondary N) is 1. The van der Waals surface area contributed by atoms with Crippen molar-refractivity contribution in [1.29, 1.82) is 5.26 Å². The van der Waals surface area contributed by atoms with Gasteiger partial charge in [0.1, 0.15) is 17.4 Å². The Hall–Kier alpha value is -3.03. The van der Waals surface area contributed by atoms with E-state index in [1.54, 1.807) is 49.6 Å². The van der Waals surface area contributed by atoms with Crippen molar-refractivity contribution in [3.05, 3.63) is 76.8 Å². The summed E-state index contributed by atoms with van der Waals surface area (Å²) in [5, 5.41) is 12.6. The maximum atomic E-state index is 12.3. The zero-order chi connectivity index (χ0) is 18.2. The Labute approximate surface area is 152 Å². The van der Waals surface area contributed by atoms with E-state index in [1.807, 2.05) is 12.1 Å². The minimum Gasteiger partial charge on any atom is -0.496 e. The van der Waals surface area contributed by atoms with Crippen LogP contribution in [0.4, 0.5) is 5.69 Å². The maximum absolute atomic E-state index is 12.3. The van der Waals surface area contributed by atoms with Crippen molar-refractivity contribution in [2.75, 3.05) is 12.4 Å². The average Bonchev–Trinajstić information content (AvgIpc) is 2.62. The first-order valence-corrected chi connectivity index (χ1v) is 7.91. The molecule has 126 valence electrons. The number of carbonyl (C=O) groups is 1. The number of amides is 1. The lowest BCUT2D eigenvalue weighted by atomic mass is 10.0. The molecule has 25 heavy (non-hydrogen) atoms. The summed E-state index contributed by atoms with van der Waals surface area (Å²) < 4.78 is 5.30. The van der Waals surface area contributed by atoms with E-state index in [0.717, 1.165) is 16.9 Å². The molecule has 0 aromatic heterocycles. The van der Waals surface area contributed by atoms with E-state index in [4.69, 9.17) is 16.3 Å². The molecule has 0 saturated carbocycles. The van der Waals surface area contributed by atoms with Gasteiger partial charge in [-0.2, -0.15) is 5.26 Å². The highest BCUT2D eigenvalue weighted by atomic mass is 35.5. The topological polar surface area (TPSA) is 62.1 Å². The van der Waals surface area contributed by atoms with Crippen molar-refractivity contribution >= 4 is 29.3 Å². The number of hydrogen-bond donors (Lipinski definition) is 1. The van der Waals surface area contributed by atoms with Gasteiger partial charge in [0, 0.05) is 10.7 Å². The van der Waals surface area contributed by atoms with Crippen LogP contribution in [0.25, 0.3) is 6.08 Å². The van der Waals surface area contributed by atoms with Crippen LogP contribution in [0.5, 0.6) is 5.75 Å². The second-order valence-electron chi connectivity index (χ2n) is 5.19. The molecule has 0 saturated heterocycles. The van der Waals surface area contributed by atoms with Gasteiger partial charge in [0.05, 0.1) is 7.11 Å². The maximum Gasteiger partial charge on any atom is 0.266 e. The van der Waals surface area contributed by atoms with Crippen LogP contribution in [-0.2, 0) is 11.2 Å². The summed E-state index contributed by atoms with van der Waals surface area (Å²) in [5.74, 6) is 0.257. The van der Waals surface area contributed by atoms with E-state index in [1.165, 1.54) is 6.08 Å². The van der Waals surface area contributed by atoms with Crippen LogP contribution in [0.15, 0.2) is 60.7 Å². The number of nitriles is 1. The highest BCUT2D eigenvalue weighted by molar-refractivity contribution is 6.30. The quantitative estimate of drug-likeness (QED) is 0.468. The van der Waals surface area contributed by atoms with Crippen LogP contribution in [0.1, 0.15) is 11.1 Å². The molecule has 4 nitrogen and oxygen atoms in total. The SMILES string of the molecule is C=CCc1cc(/C=C(/C#N)C(=O)Nc2ccc(Cl)cc2)ccc1OC. The first-order valence-electron chi connectivity index (χ1n) is 7.54. The molecule has 1 amide bonds. The molecular formula is C20H17ClN2O2. The van der Waals surface area contributed by atoms with Gasteiger partial charge in [-0.15, -0.1) is 6.58 Å². The Kier molecular flexibility index (Phi) is 6.39. The molecule has 0 aliphatic heterocycles. The van der Waals surface area contributed by atoms with Gasteiger partial charge in [0.25, 0.3) is 5.91 Å². The van der Waals surface area contributed by atoms with Gasteiger partial charge in [-0.1, -0.05) is 23.7 Å². The Bertz CT molecular complexity index is 849. The molecule has 0 bridgehead atoms. The van der Waals surface area contributed by atoms with Crippen molar-refractivity contribution in [2.45, 2.75) is 6.42 Å². The van der Waals surface area contributed by atoms with Crippen molar-refractivity contribution in [1.82, 2.24) is 0 Å². The lowest BCUT2D eigenvalue weighted by molar-refractivity contribution is -0.112. The Balaban J connectivity index is 2.25. The standard InChI is InChI=1S/C20H17ClN2O2/c1-3-4-15-11-14(5-10-19(15)25-2)12-16(13-22)20(24)23-18-8-6-17(21)7-9-18/h3,5-12H,1,4H2,2H3,(H,23,24)/b16-12-. The van der Waals surface area contributed by atoms with Crippen molar-refractivity contribution in [3.63, 3.8) is 0 Å². The van der Waals surface area contributed by atoms with Gasteiger partial charge in [0.2, 0.25) is 0 Å². The summed E-state index contributed by atoms with van der Waals surface area (Å²) in [6, 6.07) is 14.1. The fraction of sp³-hybridized carbons (Fsp3) is 0.100. The lowest BCUT2D eigenvalue weighted by Gasteiger charge is -2.08. The van der Waals surface area contributed by atoms with E-state index in [2.05, 4.69) is 11.9 Å². The van der Waals surface area contributed by atoms with Crippen LogP contribution in [0, 0.1) is 11.3 Å². The number of allylic oxidation sites excluding steroid dienone is 1. The van der Waals surface area contributed by atoms with E-state index in [-0.39, 0.29) is 5.57 Å². The van der Waals surface area contributed by atoms with Gasteiger partial charge in [-0.05, 0) is 60.0 Å². The van der Waals surface area contributed by atoms with Gasteiger partial charge in [-0.3, -0.25) is 4.79 Å². The number of benzene rings is 2. The lowest BCUT2D eigenvalue weighted by Crippen LogP contribution is -2.13. The number of rotatable bonds is 6. The molecule has 0 fully saturated rings. The molecule has 2 aromatic rings. The fourth-order valence-electron chi connectivity index (χ4n) is 2.25. The van der Waals surface area contributed by atoms with E-state index in [0.29, 0.717) is 17.1 Å². The largest absolute Gasteiger partial charge is 0.496 e. The van der Waals surface area contributed by atoms with E-state index in [9.17, 15) is 10.1 Å². The first-order chi connectivity index (χ1) is 12.1. The van der Waals surface area contributed by atoms with Crippen LogP contribution in [0.3, 0.4) is 0 Å². The summed E-state index contributed by atoms with van der Waals surface area (Å²) in [6.45, 7) is 3.72. The van der Waals surface area contributed by atoms with Crippen molar-refractivity contribution in [2.24, 2.45) is 0 Å². The second-order valence-corrected chi connectivity index (χ2v) is 5.63. The Morgan fingerprint density at radius 3 is 2.64 bits per heavy atom. The summed E-state index contributed by atoms with van der Waals surface area (Å²) in [4.78, 5) is 12.3.